The normalized spacial score (nSPS) is 43.7. The quantitative estimate of drug-likeness (QED) is 0.0211. The number of rotatable bonds is 30. The molecule has 0 radical (unpaired) electrons. The molecule has 0 aromatic carbocycles. The third kappa shape index (κ3) is 19.4. The molecule has 6 saturated heterocycles. The van der Waals surface area contributed by atoms with Gasteiger partial charge in [-0.15, -0.1) is 0 Å². The molecule has 6 aliphatic rings. The molecule has 500 valence electrons. The minimum atomic E-state index is -1.90. The Morgan fingerprint density at radius 2 is 0.721 bits per heavy atom. The molecule has 0 bridgehead atoms. The predicted octanol–water partition coefficient (Wildman–Crippen LogP) is 3.82. The summed E-state index contributed by atoms with van der Waals surface area (Å²) in [6.45, 7) is 21.8. The molecule has 28 nitrogen and oxygen atoms in total. The third-order valence-electron chi connectivity index (χ3n) is 18.7. The van der Waals surface area contributed by atoms with Crippen molar-refractivity contribution in [2.24, 2.45) is 51.7 Å². The Morgan fingerprint density at radius 1 is 0.337 bits per heavy atom. The van der Waals surface area contributed by atoms with E-state index in [0.717, 1.165) is 51.4 Å². The average Bonchev–Trinajstić information content (AvgIpc) is 1.52. The van der Waals surface area contributed by atoms with Crippen LogP contribution in [-0.2, 0) is 56.8 Å². The zero-order valence-electron chi connectivity index (χ0n) is 52.1. The van der Waals surface area contributed by atoms with Gasteiger partial charge in [0.1, 0.15) is 79.4 Å². The lowest BCUT2D eigenvalue weighted by molar-refractivity contribution is -0.385. The largest absolute Gasteiger partial charge is 0.394 e. The van der Waals surface area contributed by atoms with Crippen LogP contribution in [0.4, 0.5) is 0 Å². The van der Waals surface area contributed by atoms with Crippen LogP contribution < -0.4 is 0 Å². The van der Waals surface area contributed by atoms with Crippen molar-refractivity contribution in [1.82, 2.24) is 0 Å². The molecule has 0 aromatic heterocycles. The second kappa shape index (κ2) is 37.3. The first-order valence-electron chi connectivity index (χ1n) is 31.6. The molecule has 6 heterocycles. The predicted molar refractivity (Wildman–Crippen MR) is 307 cm³/mol. The van der Waals surface area contributed by atoms with Gasteiger partial charge in [-0.25, -0.2) is 0 Å². The minimum absolute atomic E-state index is 0.0199. The van der Waals surface area contributed by atoms with Crippen LogP contribution >= 0.6 is 0 Å². The number of hydrogen-bond acceptors (Lipinski definition) is 24. The van der Waals surface area contributed by atoms with Gasteiger partial charge in [0.25, 0.3) is 0 Å². The van der Waals surface area contributed by atoms with Gasteiger partial charge in [-0.1, -0.05) is 105 Å². The van der Waals surface area contributed by atoms with Crippen molar-refractivity contribution in [2.75, 3.05) is 46.1 Å². The number of aliphatic hydroxyl groups is 10. The van der Waals surface area contributed by atoms with Crippen molar-refractivity contribution in [2.45, 2.75) is 281 Å². The molecule has 86 heavy (non-hydrogen) atoms. The van der Waals surface area contributed by atoms with E-state index in [1.54, 1.807) is 0 Å². The monoisotopic (exact) mass is 1240 g/mol. The maximum Gasteiger partial charge on any atom is 0.187 e. The summed E-state index contributed by atoms with van der Waals surface area (Å²) in [5, 5.41) is 109. The van der Waals surface area contributed by atoms with E-state index < -0.39 is 125 Å². The SMILES string of the molecule is CCC1O[C@H](O[C@@H]2C(C)[C@@H](OC3[C@@H](OCCCCCCN=[N+]=[N-])OC(CC)[C@@H](C)[C@@H]3C)OC(CC)[C@H]2C)C(C)[C@@H](C)[C@@H]1C.[N-]=[N+]=NCCCCCCO[C@H]1OC(CO)[C@@H](O)[C@H](O)C1O[C@H]1OC(CO)[C@@H](O)[C@H](O[C@H]2OC(CO)[C@@H](O)[C@H](O)C2O)C1O. The smallest absolute Gasteiger partial charge is 0.187 e. The van der Waals surface area contributed by atoms with Crippen LogP contribution in [0.25, 0.3) is 20.9 Å². The van der Waals surface area contributed by atoms with Crippen LogP contribution in [0, 0.1) is 41.4 Å². The summed E-state index contributed by atoms with van der Waals surface area (Å²) in [5.74, 6) is 2.19. The van der Waals surface area contributed by atoms with Gasteiger partial charge in [0.15, 0.2) is 37.7 Å². The van der Waals surface area contributed by atoms with E-state index in [1.807, 2.05) is 0 Å². The summed E-state index contributed by atoms with van der Waals surface area (Å²) < 4.78 is 73.5. The fourth-order valence-corrected chi connectivity index (χ4v) is 12.5. The van der Waals surface area contributed by atoms with E-state index in [4.69, 9.17) is 67.9 Å². The molecule has 0 aromatic rings. The number of aliphatic hydroxyl groups excluding tert-OH is 10. The van der Waals surface area contributed by atoms with Crippen LogP contribution in [0.5, 0.6) is 0 Å². The Balaban J connectivity index is 0.000000314. The summed E-state index contributed by atoms with van der Waals surface area (Å²) in [4.78, 5) is 5.51. The fourth-order valence-electron chi connectivity index (χ4n) is 12.5. The Bertz CT molecular complexity index is 1870. The van der Waals surface area contributed by atoms with Crippen molar-refractivity contribution < 1.29 is 108 Å². The van der Waals surface area contributed by atoms with Gasteiger partial charge in [-0.05, 0) is 79.7 Å². The highest BCUT2D eigenvalue weighted by Gasteiger charge is 2.55. The first-order valence-corrected chi connectivity index (χ1v) is 31.6. The minimum Gasteiger partial charge on any atom is -0.394 e. The zero-order valence-corrected chi connectivity index (χ0v) is 52.1. The topological polar surface area (TPSA) is 411 Å². The average molecular weight is 1240 g/mol. The summed E-state index contributed by atoms with van der Waals surface area (Å²) in [7, 11) is 0. The fraction of sp³-hybridized carbons (Fsp3) is 1.00. The molecule has 6 fully saturated rings. The highest BCUT2D eigenvalue weighted by molar-refractivity contribution is 4.97. The van der Waals surface area contributed by atoms with E-state index in [1.165, 1.54) is 0 Å². The van der Waals surface area contributed by atoms with E-state index >= 15 is 0 Å². The Labute approximate surface area is 506 Å². The number of azide groups is 2. The lowest BCUT2D eigenvalue weighted by Crippen LogP contribution is -2.66. The van der Waals surface area contributed by atoms with Gasteiger partial charge in [0, 0.05) is 53.9 Å². The van der Waals surface area contributed by atoms with Gasteiger partial charge in [-0.2, -0.15) is 0 Å². The first-order chi connectivity index (χ1) is 41.2. The standard InChI is InChI=1S/C34H63N3O6.C24H43N3O16/c1-11-27-21(5)20(4)24(8)32(39-27)42-30-25(9)29(13-3)40-33(26(30)10)43-31-23(7)22(6)28(12-2)41-34(31)38-19-17-15-14-16-18-36-37-35;25-27-26-5-3-1-2-4-6-38-24-21(17(35)14(32)11(8-29)41-24)43-23-19(37)20(15(33)12(9-30)40-23)42-22-18(36)16(34)13(31)10(7-28)39-22/h20-34H,11-19H2,1-10H3;10-24,28-37H,1-9H2/t20-,21-,22-,23-,24?,25+,26?,27?,28?,29?,30-,31?,32+,33+,34-;10?,11?,12?,13-,14-,15-,16+,17+,18?,19?,20+,21?,22-,23-,24+/m01/s1. The second-order valence-electron chi connectivity index (χ2n) is 24.4. The van der Waals surface area contributed by atoms with Gasteiger partial charge in [-0.3, -0.25) is 0 Å². The summed E-state index contributed by atoms with van der Waals surface area (Å²) >= 11 is 0. The van der Waals surface area contributed by atoms with E-state index in [9.17, 15) is 51.1 Å². The Morgan fingerprint density at radius 3 is 1.23 bits per heavy atom. The molecule has 0 amide bonds. The maximum absolute atomic E-state index is 11.1. The second-order valence-corrected chi connectivity index (χ2v) is 24.4. The van der Waals surface area contributed by atoms with Crippen LogP contribution in [0.1, 0.15) is 140 Å². The van der Waals surface area contributed by atoms with Crippen LogP contribution in [0.15, 0.2) is 10.2 Å². The van der Waals surface area contributed by atoms with Crippen LogP contribution in [-0.4, -0.2) is 239 Å². The number of unbranched alkanes of at least 4 members (excludes halogenated alkanes) is 6. The highest BCUT2D eigenvalue weighted by Crippen LogP contribution is 2.44. The number of nitrogens with zero attached hydrogens (tertiary/aromatic N) is 6. The molecule has 0 aliphatic carbocycles. The molecule has 6 aliphatic heterocycles. The summed E-state index contributed by atoms with van der Waals surface area (Å²) in [5.41, 5.74) is 16.8. The van der Waals surface area contributed by atoms with Crippen molar-refractivity contribution in [3.8, 4) is 0 Å². The highest BCUT2D eigenvalue weighted by atomic mass is 16.8. The van der Waals surface area contributed by atoms with Gasteiger partial charge >= 0.3 is 0 Å². The lowest BCUT2D eigenvalue weighted by Gasteiger charge is -2.51. The molecular weight excluding hydrogens is 1130 g/mol. The first kappa shape index (κ1) is 74.5. The number of hydrogen-bond donors (Lipinski definition) is 10. The maximum atomic E-state index is 11.1. The van der Waals surface area contributed by atoms with Crippen molar-refractivity contribution in [3.63, 3.8) is 0 Å². The van der Waals surface area contributed by atoms with E-state index in [2.05, 4.69) is 89.3 Å². The van der Waals surface area contributed by atoms with E-state index in [-0.39, 0.29) is 61.2 Å². The Kier molecular flexibility index (Phi) is 32.3. The van der Waals surface area contributed by atoms with Crippen molar-refractivity contribution in [3.05, 3.63) is 20.9 Å². The van der Waals surface area contributed by atoms with Crippen molar-refractivity contribution in [1.29, 1.82) is 0 Å². The zero-order chi connectivity index (χ0) is 63.4. The number of ether oxygens (including phenoxy) is 12. The van der Waals surface area contributed by atoms with E-state index in [0.29, 0.717) is 62.6 Å². The molecule has 10 N–H and O–H groups in total. The molecule has 12 unspecified atom stereocenters. The molecule has 0 saturated carbocycles. The molecule has 28 heteroatoms. The molecular formula is C58H106N6O22. The summed E-state index contributed by atoms with van der Waals surface area (Å²) in [6, 6.07) is 0. The molecule has 0 spiro atoms. The lowest BCUT2D eigenvalue weighted by atomic mass is 9.78. The van der Waals surface area contributed by atoms with Gasteiger partial charge < -0.3 is 108 Å². The van der Waals surface area contributed by atoms with Crippen LogP contribution in [0.3, 0.4) is 0 Å². The van der Waals surface area contributed by atoms with Crippen molar-refractivity contribution >= 4 is 0 Å². The van der Waals surface area contributed by atoms with Crippen LogP contribution in [0.2, 0.25) is 0 Å². The van der Waals surface area contributed by atoms with Gasteiger partial charge in [0.05, 0.1) is 44.2 Å². The molecule has 30 atom stereocenters. The Hall–Kier alpha value is -2.26. The third-order valence-corrected chi connectivity index (χ3v) is 18.7. The molecule has 6 rings (SSSR count). The summed E-state index contributed by atoms with van der Waals surface area (Å²) in [6.07, 6.45) is -16.2. The van der Waals surface area contributed by atoms with Gasteiger partial charge in [0.2, 0.25) is 0 Å².